The molecule has 0 aliphatic heterocycles. The number of aromatic nitrogens is 1. The zero-order chi connectivity index (χ0) is 10.2. The average molecular weight is 212 g/mol. The molecule has 2 N–H and O–H groups in total. The molecule has 4 heteroatoms. The van der Waals surface area contributed by atoms with Crippen molar-refractivity contribution in [3.8, 4) is 0 Å². The molecule has 0 unspecified atom stereocenters. The van der Waals surface area contributed by atoms with E-state index >= 15 is 0 Å². The lowest BCUT2D eigenvalue weighted by Crippen LogP contribution is -2.48. The summed E-state index contributed by atoms with van der Waals surface area (Å²) in [7, 11) is 0. The van der Waals surface area contributed by atoms with Crippen LogP contribution in [0.4, 0.5) is 5.13 Å². The van der Waals surface area contributed by atoms with Gasteiger partial charge in [0.25, 0.3) is 0 Å². The maximum Gasteiger partial charge on any atom is 0.183 e. The SMILES string of the molecule is Cc1nc(NC2(CO)CCC2)sc1C. The number of aryl methyl sites for hydroxylation is 2. The minimum atomic E-state index is -0.0727. The van der Waals surface area contributed by atoms with Crippen LogP contribution in [0.25, 0.3) is 0 Å². The fraction of sp³-hybridized carbons (Fsp3) is 0.700. The van der Waals surface area contributed by atoms with Crippen molar-refractivity contribution in [2.75, 3.05) is 11.9 Å². The van der Waals surface area contributed by atoms with Gasteiger partial charge in [-0.2, -0.15) is 0 Å². The summed E-state index contributed by atoms with van der Waals surface area (Å²) in [6.45, 7) is 4.30. The number of nitrogens with one attached hydrogen (secondary N) is 1. The molecule has 0 amide bonds. The van der Waals surface area contributed by atoms with Crippen LogP contribution in [0.1, 0.15) is 29.8 Å². The number of nitrogens with zero attached hydrogens (tertiary/aromatic N) is 1. The second kappa shape index (κ2) is 3.51. The van der Waals surface area contributed by atoms with Crippen molar-refractivity contribution in [1.29, 1.82) is 0 Å². The molecule has 0 saturated heterocycles. The Kier molecular flexibility index (Phi) is 2.49. The first kappa shape index (κ1) is 9.93. The van der Waals surface area contributed by atoms with Crippen molar-refractivity contribution in [2.45, 2.75) is 38.6 Å². The van der Waals surface area contributed by atoms with Gasteiger partial charge >= 0.3 is 0 Å². The number of rotatable bonds is 3. The third kappa shape index (κ3) is 1.64. The van der Waals surface area contributed by atoms with Crippen molar-refractivity contribution in [3.05, 3.63) is 10.6 Å². The highest BCUT2D eigenvalue weighted by Gasteiger charge is 2.36. The first-order valence-corrected chi connectivity index (χ1v) is 5.80. The summed E-state index contributed by atoms with van der Waals surface area (Å²) < 4.78 is 0. The van der Waals surface area contributed by atoms with Gasteiger partial charge in [0.15, 0.2) is 5.13 Å². The van der Waals surface area contributed by atoms with Crippen LogP contribution >= 0.6 is 11.3 Å². The summed E-state index contributed by atoms with van der Waals surface area (Å²) in [6, 6.07) is 0. The molecular weight excluding hydrogens is 196 g/mol. The molecule has 0 radical (unpaired) electrons. The Morgan fingerprint density at radius 1 is 1.50 bits per heavy atom. The number of aliphatic hydroxyl groups is 1. The molecule has 2 rings (SSSR count). The van der Waals surface area contributed by atoms with E-state index in [0.717, 1.165) is 23.7 Å². The molecule has 1 aliphatic rings. The van der Waals surface area contributed by atoms with Gasteiger partial charge in [-0.3, -0.25) is 0 Å². The van der Waals surface area contributed by atoms with Crippen molar-refractivity contribution in [1.82, 2.24) is 4.98 Å². The van der Waals surface area contributed by atoms with Gasteiger partial charge in [-0.25, -0.2) is 4.98 Å². The summed E-state index contributed by atoms with van der Waals surface area (Å²) in [6.07, 6.45) is 3.32. The highest BCUT2D eigenvalue weighted by atomic mass is 32.1. The zero-order valence-corrected chi connectivity index (χ0v) is 9.45. The van der Waals surface area contributed by atoms with E-state index in [2.05, 4.69) is 17.2 Å². The van der Waals surface area contributed by atoms with Crippen LogP contribution in [0, 0.1) is 13.8 Å². The molecular formula is C10H16N2OS. The van der Waals surface area contributed by atoms with Crippen molar-refractivity contribution in [2.24, 2.45) is 0 Å². The Balaban J connectivity index is 2.09. The van der Waals surface area contributed by atoms with Gasteiger partial charge in [0.05, 0.1) is 17.8 Å². The molecule has 0 aromatic carbocycles. The summed E-state index contributed by atoms with van der Waals surface area (Å²) in [5.74, 6) is 0. The van der Waals surface area contributed by atoms with Gasteiger partial charge in [-0.15, -0.1) is 11.3 Å². The van der Waals surface area contributed by atoms with E-state index in [-0.39, 0.29) is 12.1 Å². The first-order chi connectivity index (χ1) is 6.65. The molecule has 1 aromatic heterocycles. The van der Waals surface area contributed by atoms with Gasteiger partial charge in [0.2, 0.25) is 0 Å². The number of hydrogen-bond acceptors (Lipinski definition) is 4. The van der Waals surface area contributed by atoms with Crippen LogP contribution in [0.3, 0.4) is 0 Å². The minimum Gasteiger partial charge on any atom is -0.394 e. The van der Waals surface area contributed by atoms with Crippen LogP contribution < -0.4 is 5.32 Å². The van der Waals surface area contributed by atoms with Crippen LogP contribution in [0.5, 0.6) is 0 Å². The third-order valence-corrected chi connectivity index (χ3v) is 4.00. The maximum absolute atomic E-state index is 9.29. The Bertz CT molecular complexity index is 306. The molecule has 1 aromatic rings. The van der Waals surface area contributed by atoms with E-state index in [0.29, 0.717) is 0 Å². The van der Waals surface area contributed by atoms with Crippen molar-refractivity contribution < 1.29 is 5.11 Å². The number of thiazole rings is 1. The minimum absolute atomic E-state index is 0.0727. The van der Waals surface area contributed by atoms with E-state index in [1.807, 2.05) is 6.92 Å². The zero-order valence-electron chi connectivity index (χ0n) is 8.63. The summed E-state index contributed by atoms with van der Waals surface area (Å²) in [5, 5.41) is 13.6. The first-order valence-electron chi connectivity index (χ1n) is 4.98. The predicted molar refractivity (Wildman–Crippen MR) is 58.9 cm³/mol. The normalized spacial score (nSPS) is 19.1. The Hall–Kier alpha value is -0.610. The van der Waals surface area contributed by atoms with Gasteiger partial charge in [0.1, 0.15) is 0 Å². The van der Waals surface area contributed by atoms with Gasteiger partial charge in [0, 0.05) is 4.88 Å². The lowest BCUT2D eigenvalue weighted by Gasteiger charge is -2.40. The average Bonchev–Trinajstić information content (AvgIpc) is 2.39. The molecule has 1 heterocycles. The van der Waals surface area contributed by atoms with Crippen LogP contribution in [-0.4, -0.2) is 22.2 Å². The molecule has 0 atom stereocenters. The molecule has 1 saturated carbocycles. The molecule has 1 aliphatic carbocycles. The molecule has 14 heavy (non-hydrogen) atoms. The van der Waals surface area contributed by atoms with E-state index in [1.165, 1.54) is 11.3 Å². The van der Waals surface area contributed by atoms with Crippen molar-refractivity contribution >= 4 is 16.5 Å². The fourth-order valence-corrected chi connectivity index (χ4v) is 2.61. The van der Waals surface area contributed by atoms with E-state index in [1.54, 1.807) is 11.3 Å². The van der Waals surface area contributed by atoms with Gasteiger partial charge in [-0.1, -0.05) is 0 Å². The van der Waals surface area contributed by atoms with Crippen molar-refractivity contribution in [3.63, 3.8) is 0 Å². The molecule has 0 spiro atoms. The van der Waals surface area contributed by atoms with E-state index in [4.69, 9.17) is 0 Å². The second-order valence-electron chi connectivity index (χ2n) is 4.08. The topological polar surface area (TPSA) is 45.2 Å². The fourth-order valence-electron chi connectivity index (χ4n) is 1.68. The standard InChI is InChI=1S/C10H16N2OS/c1-7-8(2)14-9(11-7)12-10(6-13)4-3-5-10/h13H,3-6H2,1-2H3,(H,11,12). The Morgan fingerprint density at radius 2 is 2.21 bits per heavy atom. The second-order valence-corrected chi connectivity index (χ2v) is 5.28. The van der Waals surface area contributed by atoms with Gasteiger partial charge < -0.3 is 10.4 Å². The Labute approximate surface area is 88.2 Å². The summed E-state index contributed by atoms with van der Waals surface area (Å²) >= 11 is 1.67. The maximum atomic E-state index is 9.29. The summed E-state index contributed by atoms with van der Waals surface area (Å²) in [5.41, 5.74) is 1.02. The molecule has 3 nitrogen and oxygen atoms in total. The van der Waals surface area contributed by atoms with Crippen LogP contribution in [0.2, 0.25) is 0 Å². The lowest BCUT2D eigenvalue weighted by molar-refractivity contribution is 0.144. The van der Waals surface area contributed by atoms with E-state index < -0.39 is 0 Å². The Morgan fingerprint density at radius 3 is 2.57 bits per heavy atom. The summed E-state index contributed by atoms with van der Waals surface area (Å²) in [4.78, 5) is 5.67. The smallest absolute Gasteiger partial charge is 0.183 e. The third-order valence-electron chi connectivity index (χ3n) is 3.01. The highest BCUT2D eigenvalue weighted by Crippen LogP contribution is 2.36. The van der Waals surface area contributed by atoms with Gasteiger partial charge in [-0.05, 0) is 33.1 Å². The number of anilines is 1. The predicted octanol–water partition coefficient (Wildman–Crippen LogP) is 2.09. The quantitative estimate of drug-likeness (QED) is 0.806. The lowest BCUT2D eigenvalue weighted by atomic mass is 9.77. The number of hydrogen-bond donors (Lipinski definition) is 2. The highest BCUT2D eigenvalue weighted by molar-refractivity contribution is 7.15. The molecule has 0 bridgehead atoms. The van der Waals surface area contributed by atoms with Crippen LogP contribution in [-0.2, 0) is 0 Å². The molecule has 78 valence electrons. The molecule has 1 fully saturated rings. The monoisotopic (exact) mass is 212 g/mol. The largest absolute Gasteiger partial charge is 0.394 e. The van der Waals surface area contributed by atoms with E-state index in [9.17, 15) is 5.11 Å². The number of aliphatic hydroxyl groups excluding tert-OH is 1. The van der Waals surface area contributed by atoms with Crippen LogP contribution in [0.15, 0.2) is 0 Å².